The molecular formula is C22H17N3OS. The van der Waals surface area contributed by atoms with Crippen LogP contribution >= 0.6 is 11.8 Å². The lowest BCUT2D eigenvalue weighted by Gasteiger charge is -2.24. The average Bonchev–Trinajstić information content (AvgIpc) is 2.74. The maximum absolute atomic E-state index is 13.5. The van der Waals surface area contributed by atoms with Crippen molar-refractivity contribution in [3.05, 3.63) is 90.8 Å². The first kappa shape index (κ1) is 17.2. The van der Waals surface area contributed by atoms with E-state index in [4.69, 9.17) is 0 Å². The summed E-state index contributed by atoms with van der Waals surface area (Å²) in [5.41, 5.74) is 2.30. The fraction of sp³-hybridized carbons (Fsp3) is 0.0455. The molecule has 0 aliphatic carbocycles. The van der Waals surface area contributed by atoms with Gasteiger partial charge in [-0.2, -0.15) is 10.2 Å². The van der Waals surface area contributed by atoms with E-state index in [1.54, 1.807) is 29.1 Å². The topological polar surface area (TPSA) is 46.1 Å². The highest BCUT2D eigenvalue weighted by Crippen LogP contribution is 2.32. The minimum Gasteiger partial charge on any atom is -0.277 e. The van der Waals surface area contributed by atoms with Gasteiger partial charge in [0.2, 0.25) is 0 Å². The Morgan fingerprint density at radius 1 is 0.815 bits per heavy atom. The van der Waals surface area contributed by atoms with Gasteiger partial charge in [-0.15, -0.1) is 11.8 Å². The molecule has 1 aromatic heterocycles. The molecule has 0 bridgehead atoms. The number of amides is 1. The average molecular weight is 371 g/mol. The fourth-order valence-electron chi connectivity index (χ4n) is 3.02. The molecule has 0 fully saturated rings. The monoisotopic (exact) mass is 371 g/mol. The number of carbonyl (C=O) groups is 1. The van der Waals surface area contributed by atoms with Gasteiger partial charge in [-0.05, 0) is 42.7 Å². The molecule has 4 rings (SSSR count). The Morgan fingerprint density at radius 2 is 1.52 bits per heavy atom. The number of fused-ring (bicyclic) bond motifs is 1. The first-order valence-electron chi connectivity index (χ1n) is 8.51. The first-order valence-corrected chi connectivity index (χ1v) is 9.73. The Balaban J connectivity index is 1.87. The molecule has 0 aliphatic heterocycles. The third-order valence-corrected chi connectivity index (χ3v) is 5.14. The molecule has 5 heteroatoms. The van der Waals surface area contributed by atoms with Gasteiger partial charge in [0, 0.05) is 27.0 Å². The lowest BCUT2D eigenvalue weighted by atomic mass is 10.1. The maximum atomic E-state index is 13.5. The predicted molar refractivity (Wildman–Crippen MR) is 111 cm³/mol. The fourth-order valence-corrected chi connectivity index (χ4v) is 3.61. The van der Waals surface area contributed by atoms with Gasteiger partial charge in [-0.1, -0.05) is 36.4 Å². The van der Waals surface area contributed by atoms with Crippen LogP contribution in [0.3, 0.4) is 0 Å². The number of rotatable bonds is 4. The van der Waals surface area contributed by atoms with Crippen LogP contribution in [-0.4, -0.2) is 22.4 Å². The molecule has 0 spiro atoms. The van der Waals surface area contributed by atoms with Crippen LogP contribution in [0.2, 0.25) is 0 Å². The lowest BCUT2D eigenvalue weighted by molar-refractivity contribution is 0.0996. The van der Waals surface area contributed by atoms with Crippen LogP contribution < -0.4 is 4.90 Å². The van der Waals surface area contributed by atoms with E-state index < -0.39 is 0 Å². The number of benzene rings is 3. The normalized spacial score (nSPS) is 10.7. The largest absolute Gasteiger partial charge is 0.277 e. The van der Waals surface area contributed by atoms with Gasteiger partial charge in [-0.3, -0.25) is 9.69 Å². The van der Waals surface area contributed by atoms with Crippen molar-refractivity contribution in [2.24, 2.45) is 0 Å². The van der Waals surface area contributed by atoms with E-state index in [0.717, 1.165) is 27.0 Å². The highest BCUT2D eigenvalue weighted by Gasteiger charge is 2.22. The van der Waals surface area contributed by atoms with Crippen LogP contribution in [0.15, 0.2) is 90.1 Å². The molecule has 0 saturated heterocycles. The van der Waals surface area contributed by atoms with E-state index >= 15 is 0 Å². The van der Waals surface area contributed by atoms with Crippen molar-refractivity contribution in [2.75, 3.05) is 11.2 Å². The van der Waals surface area contributed by atoms with Crippen molar-refractivity contribution >= 4 is 39.8 Å². The summed E-state index contributed by atoms with van der Waals surface area (Å²) in [7, 11) is 0. The van der Waals surface area contributed by atoms with Crippen molar-refractivity contribution < 1.29 is 4.79 Å². The number of aromatic nitrogens is 2. The Hall–Kier alpha value is -3.18. The third kappa shape index (κ3) is 3.41. The highest BCUT2D eigenvalue weighted by molar-refractivity contribution is 7.98. The van der Waals surface area contributed by atoms with Crippen LogP contribution in [0.1, 0.15) is 10.4 Å². The zero-order valence-electron chi connectivity index (χ0n) is 14.7. The molecule has 0 unspecified atom stereocenters. The molecule has 132 valence electrons. The molecule has 0 N–H and O–H groups in total. The number of nitrogens with zero attached hydrogens (tertiary/aromatic N) is 3. The Bertz CT molecular complexity index is 1100. The first-order chi connectivity index (χ1) is 13.3. The van der Waals surface area contributed by atoms with Gasteiger partial charge >= 0.3 is 0 Å². The maximum Gasteiger partial charge on any atom is 0.263 e. The predicted octanol–water partition coefficient (Wildman–Crippen LogP) is 5.33. The van der Waals surface area contributed by atoms with Gasteiger partial charge in [0.25, 0.3) is 5.91 Å². The summed E-state index contributed by atoms with van der Waals surface area (Å²) in [5.74, 6) is -0.0625. The summed E-state index contributed by atoms with van der Waals surface area (Å²) >= 11 is 1.57. The second-order valence-electron chi connectivity index (χ2n) is 5.98. The van der Waals surface area contributed by atoms with E-state index in [-0.39, 0.29) is 5.91 Å². The van der Waals surface area contributed by atoms with Crippen molar-refractivity contribution in [3.8, 4) is 0 Å². The summed E-state index contributed by atoms with van der Waals surface area (Å²) in [6, 6.07) is 23.2. The zero-order chi connectivity index (χ0) is 18.6. The van der Waals surface area contributed by atoms with E-state index in [1.807, 2.05) is 79.1 Å². The lowest BCUT2D eigenvalue weighted by Crippen LogP contribution is -2.26. The van der Waals surface area contributed by atoms with Gasteiger partial charge in [-0.25, -0.2) is 0 Å². The summed E-state index contributed by atoms with van der Waals surface area (Å²) < 4.78 is 0. The van der Waals surface area contributed by atoms with Crippen LogP contribution in [-0.2, 0) is 0 Å². The summed E-state index contributed by atoms with van der Waals surface area (Å²) in [4.78, 5) is 16.2. The number of hydrogen-bond donors (Lipinski definition) is 0. The number of para-hydroxylation sites is 1. The van der Waals surface area contributed by atoms with Crippen LogP contribution in [0.25, 0.3) is 10.8 Å². The highest BCUT2D eigenvalue weighted by atomic mass is 32.2. The molecular weight excluding hydrogens is 354 g/mol. The second-order valence-corrected chi connectivity index (χ2v) is 6.83. The van der Waals surface area contributed by atoms with Crippen LogP contribution in [0, 0.1) is 0 Å². The molecule has 0 atom stereocenters. The standard InChI is InChI=1S/C22H17N3OS/c1-27-21-10-6-5-9-20(21)22(26)25(18-7-3-2-4-8-18)19-12-11-16-14-23-24-15-17(16)13-19/h2-15H,1H3. The van der Waals surface area contributed by atoms with E-state index in [2.05, 4.69) is 10.2 Å². The Labute approximate surface area is 161 Å². The molecule has 1 heterocycles. The summed E-state index contributed by atoms with van der Waals surface area (Å²) in [5, 5.41) is 9.80. The van der Waals surface area contributed by atoms with Gasteiger partial charge < -0.3 is 0 Å². The Morgan fingerprint density at radius 3 is 2.30 bits per heavy atom. The van der Waals surface area contributed by atoms with Crippen LogP contribution in [0.5, 0.6) is 0 Å². The smallest absolute Gasteiger partial charge is 0.263 e. The van der Waals surface area contributed by atoms with Crippen LogP contribution in [0.4, 0.5) is 11.4 Å². The SMILES string of the molecule is CSc1ccccc1C(=O)N(c1ccccc1)c1ccc2cnncc2c1. The van der Waals surface area contributed by atoms with E-state index in [1.165, 1.54) is 0 Å². The molecule has 4 nitrogen and oxygen atoms in total. The minimum atomic E-state index is -0.0625. The number of thioether (sulfide) groups is 1. The number of carbonyl (C=O) groups excluding carboxylic acids is 1. The molecule has 4 aromatic rings. The molecule has 0 radical (unpaired) electrons. The van der Waals surface area contributed by atoms with Crippen molar-refractivity contribution in [3.63, 3.8) is 0 Å². The molecule has 0 aliphatic rings. The van der Waals surface area contributed by atoms with E-state index in [0.29, 0.717) is 5.56 Å². The molecule has 1 amide bonds. The van der Waals surface area contributed by atoms with E-state index in [9.17, 15) is 4.79 Å². The molecule has 27 heavy (non-hydrogen) atoms. The number of anilines is 2. The third-order valence-electron chi connectivity index (χ3n) is 4.34. The number of hydrogen-bond acceptors (Lipinski definition) is 4. The summed E-state index contributed by atoms with van der Waals surface area (Å²) in [6.07, 6.45) is 5.41. The van der Waals surface area contributed by atoms with Gasteiger partial charge in [0.1, 0.15) is 0 Å². The quantitative estimate of drug-likeness (QED) is 0.455. The van der Waals surface area contributed by atoms with Crippen molar-refractivity contribution in [1.29, 1.82) is 0 Å². The Kier molecular flexibility index (Phi) is 4.85. The molecule has 3 aromatic carbocycles. The zero-order valence-corrected chi connectivity index (χ0v) is 15.6. The van der Waals surface area contributed by atoms with Gasteiger partial charge in [0.05, 0.1) is 18.0 Å². The molecule has 0 saturated carbocycles. The van der Waals surface area contributed by atoms with Crippen molar-refractivity contribution in [2.45, 2.75) is 4.90 Å². The van der Waals surface area contributed by atoms with Crippen molar-refractivity contribution in [1.82, 2.24) is 10.2 Å². The second kappa shape index (κ2) is 7.60. The van der Waals surface area contributed by atoms with Gasteiger partial charge in [0.15, 0.2) is 0 Å². The summed E-state index contributed by atoms with van der Waals surface area (Å²) in [6.45, 7) is 0. The minimum absolute atomic E-state index is 0.0625.